The van der Waals surface area contributed by atoms with E-state index in [1.165, 1.54) is 0 Å². The van der Waals surface area contributed by atoms with Crippen LogP contribution in [0.15, 0.2) is 36.4 Å². The van der Waals surface area contributed by atoms with Crippen molar-refractivity contribution in [2.24, 2.45) is 11.3 Å². The van der Waals surface area contributed by atoms with Crippen LogP contribution in [0.5, 0.6) is 5.75 Å². The summed E-state index contributed by atoms with van der Waals surface area (Å²) in [6, 6.07) is 5.15. The Morgan fingerprint density at radius 2 is 1.67 bits per heavy atom. The number of benzene rings is 1. The zero-order chi connectivity index (χ0) is 34.5. The fourth-order valence-corrected chi connectivity index (χ4v) is 4.91. The fraction of sp³-hybridized carbons (Fsp3) is 0.647. The summed E-state index contributed by atoms with van der Waals surface area (Å²) in [5.74, 6) is -0.898. The monoisotopic (exact) mass is 646 g/mol. The lowest BCUT2D eigenvalue weighted by Crippen LogP contribution is -2.65. The second-order valence-corrected chi connectivity index (χ2v) is 14.0. The van der Waals surface area contributed by atoms with Crippen molar-refractivity contribution in [3.05, 3.63) is 42.0 Å². The molecule has 0 aliphatic carbocycles. The predicted octanol–water partition coefficient (Wildman–Crippen LogP) is 4.57. The molecular weight excluding hydrogens is 592 g/mol. The maximum atomic E-state index is 13.6. The Balaban J connectivity index is 2.23. The molecule has 0 saturated heterocycles. The highest BCUT2D eigenvalue weighted by Gasteiger charge is 2.50. The van der Waals surface area contributed by atoms with Gasteiger partial charge in [-0.15, -0.1) is 0 Å². The highest BCUT2D eigenvalue weighted by molar-refractivity contribution is 5.91. The number of hydrogen-bond acceptors (Lipinski definition) is 7. The molecule has 2 heterocycles. The normalized spacial score (nSPS) is 19.4. The number of carboxylic acid groups (broad SMARTS) is 1. The van der Waals surface area contributed by atoms with Crippen molar-refractivity contribution in [3.8, 4) is 5.75 Å². The Bertz CT molecular complexity index is 1190. The van der Waals surface area contributed by atoms with Crippen molar-refractivity contribution < 1.29 is 38.5 Å². The number of fused-ring (bicyclic) bond motifs is 12. The van der Waals surface area contributed by atoms with Gasteiger partial charge in [0.2, 0.25) is 5.91 Å². The second kappa shape index (κ2) is 17.2. The summed E-state index contributed by atoms with van der Waals surface area (Å²) in [6.45, 7) is 15.8. The molecule has 0 aromatic heterocycles. The van der Waals surface area contributed by atoms with Gasteiger partial charge in [0.25, 0.3) is 0 Å². The number of carbonyl (C=O) groups excluding carboxylic acids is 3. The van der Waals surface area contributed by atoms with Gasteiger partial charge in [-0.25, -0.2) is 14.4 Å². The molecule has 0 radical (unpaired) electrons. The highest BCUT2D eigenvalue weighted by atomic mass is 16.6. The van der Waals surface area contributed by atoms with E-state index in [-0.39, 0.29) is 38.0 Å². The van der Waals surface area contributed by atoms with Gasteiger partial charge in [0.05, 0.1) is 19.3 Å². The summed E-state index contributed by atoms with van der Waals surface area (Å²) in [7, 11) is 0. The maximum Gasteiger partial charge on any atom is 0.407 e. The standard InChI is InChI=1S/C34H54N4O8/c1-23(2)27-22-44-19-11-12-20-45-25-15-13-24(14-16-25)21-26(28(39)36-27)37-30(42)38-34(29(40)41,32(3,4)5)17-9-10-18-35-31(43)46-33(6,7)8/h11-16,23,26-27H,9-10,17-22H2,1-8H3,(H,35,43)(H,36,39)(H,40,41)(H2,37,38,42)/t26-,27-,34-/m1/s1. The van der Waals surface area contributed by atoms with Crippen LogP contribution in [-0.4, -0.2) is 78.7 Å². The lowest BCUT2D eigenvalue weighted by atomic mass is 9.70. The van der Waals surface area contributed by atoms with E-state index >= 15 is 0 Å². The highest BCUT2D eigenvalue weighted by Crippen LogP contribution is 2.35. The SMILES string of the molecule is CC(C)[C@H]1COCC=CCOc2ccc(cc2)C[C@@H](NC(=O)N[C@](CCCCNC(=O)OC(C)(C)C)(C(=O)O)C(C)(C)C)C(=O)N1. The zero-order valence-corrected chi connectivity index (χ0v) is 28.7. The Labute approximate surface area is 273 Å². The number of carbonyl (C=O) groups is 4. The average molecular weight is 647 g/mol. The Kier molecular flexibility index (Phi) is 14.4. The molecule has 2 aliphatic heterocycles. The van der Waals surface area contributed by atoms with Crippen molar-refractivity contribution in [2.75, 3.05) is 26.4 Å². The molecule has 46 heavy (non-hydrogen) atoms. The average Bonchev–Trinajstić information content (AvgIpc) is 2.93. The third-order valence-electron chi connectivity index (χ3n) is 7.76. The van der Waals surface area contributed by atoms with Crippen LogP contribution in [0, 0.1) is 11.3 Å². The number of hydrogen-bond donors (Lipinski definition) is 5. The van der Waals surface area contributed by atoms with Crippen molar-refractivity contribution >= 4 is 24.0 Å². The molecule has 12 nitrogen and oxygen atoms in total. The largest absolute Gasteiger partial charge is 0.490 e. The molecule has 12 heteroatoms. The van der Waals surface area contributed by atoms with E-state index < -0.39 is 46.6 Å². The summed E-state index contributed by atoms with van der Waals surface area (Å²) < 4.78 is 16.7. The first-order valence-electron chi connectivity index (χ1n) is 16.0. The molecular formula is C34H54N4O8. The molecule has 3 rings (SSSR count). The van der Waals surface area contributed by atoms with Gasteiger partial charge in [0.15, 0.2) is 0 Å². The number of nitrogens with one attached hydrogen (secondary N) is 4. The van der Waals surface area contributed by atoms with Crippen LogP contribution < -0.4 is 26.0 Å². The number of urea groups is 1. The fourth-order valence-electron chi connectivity index (χ4n) is 4.91. The molecule has 0 unspecified atom stereocenters. The Morgan fingerprint density at radius 1 is 1.02 bits per heavy atom. The van der Waals surface area contributed by atoms with Crippen LogP contribution in [0.25, 0.3) is 0 Å². The zero-order valence-electron chi connectivity index (χ0n) is 28.7. The molecule has 0 fully saturated rings. The molecule has 0 saturated carbocycles. The number of unbranched alkanes of at least 4 members (excludes halogenated alkanes) is 1. The van der Waals surface area contributed by atoms with Crippen molar-refractivity contribution in [3.63, 3.8) is 0 Å². The van der Waals surface area contributed by atoms with Crippen LogP contribution in [-0.2, 0) is 25.5 Å². The second-order valence-electron chi connectivity index (χ2n) is 14.0. The van der Waals surface area contributed by atoms with Gasteiger partial charge < -0.3 is 40.6 Å². The Morgan fingerprint density at radius 3 is 2.26 bits per heavy atom. The van der Waals surface area contributed by atoms with E-state index in [0.29, 0.717) is 31.8 Å². The minimum absolute atomic E-state index is 0.0502. The molecule has 1 aromatic carbocycles. The van der Waals surface area contributed by atoms with E-state index in [9.17, 15) is 24.3 Å². The summed E-state index contributed by atoms with van der Waals surface area (Å²) in [6.07, 6.45) is 4.29. The first-order valence-corrected chi connectivity index (χ1v) is 16.0. The Hall–Kier alpha value is -3.80. The number of rotatable bonds is 9. The van der Waals surface area contributed by atoms with Gasteiger partial charge in [0.1, 0.15) is 29.5 Å². The molecule has 2 bridgehead atoms. The maximum absolute atomic E-state index is 13.6. The number of aliphatic carboxylic acids is 1. The van der Waals surface area contributed by atoms with Crippen LogP contribution in [0.4, 0.5) is 9.59 Å². The van der Waals surface area contributed by atoms with Gasteiger partial charge >= 0.3 is 18.1 Å². The first-order chi connectivity index (χ1) is 21.4. The van der Waals surface area contributed by atoms with Crippen molar-refractivity contribution in [1.82, 2.24) is 21.3 Å². The summed E-state index contributed by atoms with van der Waals surface area (Å²) in [5, 5.41) is 21.6. The lowest BCUT2D eigenvalue weighted by Gasteiger charge is -2.42. The third-order valence-corrected chi connectivity index (χ3v) is 7.76. The smallest absolute Gasteiger partial charge is 0.407 e. The molecule has 2 aliphatic rings. The van der Waals surface area contributed by atoms with E-state index in [1.807, 2.05) is 38.1 Å². The van der Waals surface area contributed by atoms with Gasteiger partial charge in [0, 0.05) is 13.0 Å². The molecule has 1 aromatic rings. The molecule has 0 spiro atoms. The quantitative estimate of drug-likeness (QED) is 0.192. The van der Waals surface area contributed by atoms with Gasteiger partial charge in [-0.2, -0.15) is 0 Å². The summed E-state index contributed by atoms with van der Waals surface area (Å²) in [5.41, 5.74) is -2.42. The molecule has 3 atom stereocenters. The molecule has 5 N–H and O–H groups in total. The summed E-state index contributed by atoms with van der Waals surface area (Å²) in [4.78, 5) is 52.0. The van der Waals surface area contributed by atoms with E-state index in [0.717, 1.165) is 5.56 Å². The van der Waals surface area contributed by atoms with E-state index in [1.54, 1.807) is 53.7 Å². The number of ether oxygens (including phenoxy) is 3. The van der Waals surface area contributed by atoms with Gasteiger partial charge in [-0.3, -0.25) is 4.79 Å². The van der Waals surface area contributed by atoms with E-state index in [2.05, 4.69) is 21.3 Å². The molecule has 258 valence electrons. The van der Waals surface area contributed by atoms with Crippen LogP contribution in [0.3, 0.4) is 0 Å². The van der Waals surface area contributed by atoms with Crippen LogP contribution >= 0.6 is 0 Å². The third kappa shape index (κ3) is 12.5. The number of carboxylic acids is 1. The lowest BCUT2D eigenvalue weighted by molar-refractivity contribution is -0.150. The van der Waals surface area contributed by atoms with E-state index in [4.69, 9.17) is 14.2 Å². The minimum atomic E-state index is -1.67. The number of alkyl carbamates (subject to hydrolysis) is 1. The molecule has 4 amide bonds. The predicted molar refractivity (Wildman–Crippen MR) is 176 cm³/mol. The van der Waals surface area contributed by atoms with Gasteiger partial charge in [-0.1, -0.05) is 52.8 Å². The first kappa shape index (κ1) is 38.4. The van der Waals surface area contributed by atoms with Crippen molar-refractivity contribution in [2.45, 2.75) is 104 Å². The summed E-state index contributed by atoms with van der Waals surface area (Å²) >= 11 is 0. The van der Waals surface area contributed by atoms with Gasteiger partial charge in [-0.05, 0) is 75.1 Å². The van der Waals surface area contributed by atoms with Crippen LogP contribution in [0.2, 0.25) is 0 Å². The van der Waals surface area contributed by atoms with Crippen LogP contribution in [0.1, 0.15) is 80.2 Å². The topological polar surface area (TPSA) is 164 Å². The van der Waals surface area contributed by atoms with Crippen molar-refractivity contribution in [1.29, 1.82) is 0 Å². The minimum Gasteiger partial charge on any atom is -0.490 e. The number of amides is 4.